The number of para-hydroxylation sites is 2. The lowest BCUT2D eigenvalue weighted by atomic mass is 10.0. The van der Waals surface area contributed by atoms with E-state index in [4.69, 9.17) is 19.9 Å². The van der Waals surface area contributed by atoms with Crippen molar-refractivity contribution < 1.29 is 0 Å². The third-order valence-electron chi connectivity index (χ3n) is 10.6. The van der Waals surface area contributed by atoms with Gasteiger partial charge in [0.05, 0.1) is 22.1 Å². The Hall–Kier alpha value is -7.70. The van der Waals surface area contributed by atoms with Gasteiger partial charge in [-0.1, -0.05) is 127 Å². The Labute approximate surface area is 322 Å². The van der Waals surface area contributed by atoms with Gasteiger partial charge in [-0.3, -0.25) is 4.57 Å². The summed E-state index contributed by atoms with van der Waals surface area (Å²) < 4.78 is 4.60. The van der Waals surface area contributed by atoms with Crippen LogP contribution < -0.4 is 0 Å². The Bertz CT molecular complexity index is 3180. The monoisotopic (exact) mass is 716 g/mol. The van der Waals surface area contributed by atoms with Gasteiger partial charge in [0.15, 0.2) is 17.5 Å². The minimum atomic E-state index is 0.627. The van der Waals surface area contributed by atoms with E-state index in [-0.39, 0.29) is 0 Å². The Balaban J connectivity index is 1.05. The largest absolute Gasteiger partial charge is 0.309 e. The zero-order chi connectivity index (χ0) is 37.0. The van der Waals surface area contributed by atoms with Crippen LogP contribution >= 0.6 is 0 Å². The Morgan fingerprint density at radius 1 is 0.304 bits per heavy atom. The second-order valence-corrected chi connectivity index (χ2v) is 13.9. The third kappa shape index (κ3) is 5.27. The van der Waals surface area contributed by atoms with Gasteiger partial charge in [-0.25, -0.2) is 19.9 Å². The van der Waals surface area contributed by atoms with Crippen molar-refractivity contribution in [1.82, 2.24) is 29.1 Å². The van der Waals surface area contributed by atoms with Crippen LogP contribution in [0.2, 0.25) is 0 Å². The normalized spacial score (nSPS) is 11.6. The zero-order valence-electron chi connectivity index (χ0n) is 30.2. The summed E-state index contributed by atoms with van der Waals surface area (Å²) in [7, 11) is 0. The fourth-order valence-electron chi connectivity index (χ4n) is 8.04. The highest BCUT2D eigenvalue weighted by molar-refractivity contribution is 6.12. The molecule has 0 aliphatic heterocycles. The van der Waals surface area contributed by atoms with Crippen LogP contribution in [0.1, 0.15) is 0 Å². The van der Waals surface area contributed by atoms with Crippen LogP contribution in [0.5, 0.6) is 0 Å². The molecule has 56 heavy (non-hydrogen) atoms. The summed E-state index contributed by atoms with van der Waals surface area (Å²) in [5.74, 6) is 2.82. The molecule has 7 aromatic carbocycles. The minimum absolute atomic E-state index is 0.627. The fraction of sp³-hybridized carbons (Fsp3) is 0. The second-order valence-electron chi connectivity index (χ2n) is 13.9. The first-order valence-corrected chi connectivity index (χ1v) is 18.7. The van der Waals surface area contributed by atoms with E-state index < -0.39 is 0 Å². The van der Waals surface area contributed by atoms with Gasteiger partial charge in [0.25, 0.3) is 0 Å². The van der Waals surface area contributed by atoms with Gasteiger partial charge in [0, 0.05) is 50.1 Å². The first-order chi connectivity index (χ1) is 27.8. The van der Waals surface area contributed by atoms with Gasteiger partial charge in [-0.2, -0.15) is 0 Å². The summed E-state index contributed by atoms with van der Waals surface area (Å²) in [6.07, 6.45) is 1.85. The number of hydrogen-bond acceptors (Lipinski definition) is 4. The number of fused-ring (bicyclic) bond motifs is 6. The molecule has 262 valence electrons. The number of pyridine rings is 1. The lowest BCUT2D eigenvalue weighted by Crippen LogP contribution is -2.01. The van der Waals surface area contributed by atoms with Crippen LogP contribution in [0.4, 0.5) is 0 Å². The molecule has 0 amide bonds. The van der Waals surface area contributed by atoms with Crippen LogP contribution in [0.25, 0.3) is 100 Å². The van der Waals surface area contributed by atoms with E-state index in [1.165, 1.54) is 27.1 Å². The molecule has 0 aliphatic rings. The van der Waals surface area contributed by atoms with Crippen molar-refractivity contribution in [3.63, 3.8) is 0 Å². The van der Waals surface area contributed by atoms with E-state index in [0.717, 1.165) is 55.8 Å². The molecule has 6 heteroatoms. The lowest BCUT2D eigenvalue weighted by molar-refractivity contribution is 1.07. The maximum atomic E-state index is 5.01. The summed E-state index contributed by atoms with van der Waals surface area (Å²) in [6, 6.07) is 65.6. The van der Waals surface area contributed by atoms with Crippen molar-refractivity contribution in [2.45, 2.75) is 0 Å². The van der Waals surface area contributed by atoms with E-state index in [1.54, 1.807) is 0 Å². The highest BCUT2D eigenvalue weighted by Gasteiger charge is 2.18. The van der Waals surface area contributed by atoms with Gasteiger partial charge in [-0.15, -0.1) is 0 Å². The molecule has 0 aliphatic carbocycles. The number of benzene rings is 7. The number of hydrogen-bond donors (Lipinski definition) is 0. The molecule has 0 spiro atoms. The van der Waals surface area contributed by atoms with Crippen molar-refractivity contribution in [3.8, 4) is 56.8 Å². The molecule has 0 N–H and O–H groups in total. The molecular weight excluding hydrogens is 685 g/mol. The van der Waals surface area contributed by atoms with Crippen molar-refractivity contribution in [2.75, 3.05) is 0 Å². The summed E-state index contributed by atoms with van der Waals surface area (Å²) in [4.78, 5) is 19.6. The maximum Gasteiger partial charge on any atom is 0.164 e. The molecule has 0 atom stereocenters. The fourth-order valence-corrected chi connectivity index (χ4v) is 8.04. The molecule has 0 radical (unpaired) electrons. The van der Waals surface area contributed by atoms with Crippen molar-refractivity contribution in [1.29, 1.82) is 0 Å². The standard InChI is InChI=1S/C50H32N6/c1-3-14-33(15-4-1)48-52-49(34-16-5-2-6-17-34)54-50(53-48)37-18-13-19-38(30-37)55-43-22-9-7-20-39(43)41-31-35(25-27-45(41)55)36-26-28-46-42(32-36)40-21-8-10-23-44(40)56(46)47-24-11-12-29-51-47/h1-32H. The number of rotatable bonds is 6. The Morgan fingerprint density at radius 2 is 0.786 bits per heavy atom. The maximum absolute atomic E-state index is 5.01. The van der Waals surface area contributed by atoms with Crippen LogP contribution in [-0.2, 0) is 0 Å². The summed E-state index contributed by atoms with van der Waals surface area (Å²) in [5.41, 5.74) is 10.7. The molecule has 0 bridgehead atoms. The second kappa shape index (κ2) is 13.0. The molecule has 0 saturated heterocycles. The predicted molar refractivity (Wildman–Crippen MR) is 228 cm³/mol. The lowest BCUT2D eigenvalue weighted by Gasteiger charge is -2.12. The number of aromatic nitrogens is 6. The van der Waals surface area contributed by atoms with Crippen LogP contribution in [0.3, 0.4) is 0 Å². The summed E-state index contributed by atoms with van der Waals surface area (Å²) >= 11 is 0. The molecule has 11 aromatic rings. The summed E-state index contributed by atoms with van der Waals surface area (Å²) in [5, 5.41) is 4.79. The minimum Gasteiger partial charge on any atom is -0.309 e. The van der Waals surface area contributed by atoms with Crippen molar-refractivity contribution in [2.24, 2.45) is 0 Å². The molecule has 0 fully saturated rings. The smallest absolute Gasteiger partial charge is 0.164 e. The Morgan fingerprint density at radius 3 is 1.38 bits per heavy atom. The molecule has 4 aromatic heterocycles. The Kier molecular flexibility index (Phi) is 7.38. The van der Waals surface area contributed by atoms with Gasteiger partial charge in [-0.05, 0) is 71.8 Å². The van der Waals surface area contributed by atoms with Gasteiger partial charge in [0.1, 0.15) is 5.82 Å². The van der Waals surface area contributed by atoms with E-state index >= 15 is 0 Å². The van der Waals surface area contributed by atoms with E-state index in [9.17, 15) is 0 Å². The average Bonchev–Trinajstić information content (AvgIpc) is 3.79. The first kappa shape index (κ1) is 31.8. The molecule has 0 saturated carbocycles. The van der Waals surface area contributed by atoms with E-state index in [1.807, 2.05) is 79.0 Å². The van der Waals surface area contributed by atoms with Crippen molar-refractivity contribution in [3.05, 3.63) is 194 Å². The van der Waals surface area contributed by atoms with Crippen LogP contribution in [0.15, 0.2) is 194 Å². The van der Waals surface area contributed by atoms with Crippen LogP contribution in [-0.4, -0.2) is 29.1 Å². The zero-order valence-corrected chi connectivity index (χ0v) is 30.2. The SMILES string of the molecule is c1ccc(-c2nc(-c3ccccc3)nc(-c3cccc(-n4c5ccccc5c5cc(-c6ccc7c(c6)c6ccccc6n7-c6ccccn6)ccc54)c3)n2)cc1. The van der Waals surface area contributed by atoms with Gasteiger partial charge in [0.2, 0.25) is 0 Å². The third-order valence-corrected chi connectivity index (χ3v) is 10.6. The summed E-state index contributed by atoms with van der Waals surface area (Å²) in [6.45, 7) is 0. The van der Waals surface area contributed by atoms with E-state index in [2.05, 4.69) is 124 Å². The molecular formula is C50H32N6. The van der Waals surface area contributed by atoms with Crippen molar-refractivity contribution >= 4 is 43.6 Å². The van der Waals surface area contributed by atoms with Crippen LogP contribution in [0, 0.1) is 0 Å². The van der Waals surface area contributed by atoms with E-state index in [0.29, 0.717) is 17.5 Å². The molecule has 4 heterocycles. The molecule has 11 rings (SSSR count). The van der Waals surface area contributed by atoms with Gasteiger partial charge < -0.3 is 4.57 Å². The topological polar surface area (TPSA) is 61.4 Å². The average molecular weight is 717 g/mol. The highest BCUT2D eigenvalue weighted by Crippen LogP contribution is 2.38. The quantitative estimate of drug-likeness (QED) is 0.172. The molecule has 6 nitrogen and oxygen atoms in total. The number of nitrogens with zero attached hydrogens (tertiary/aromatic N) is 6. The predicted octanol–water partition coefficient (Wildman–Crippen LogP) is 12.1. The van der Waals surface area contributed by atoms with Gasteiger partial charge >= 0.3 is 0 Å². The highest BCUT2D eigenvalue weighted by atomic mass is 15.1. The molecule has 0 unspecified atom stereocenters. The first-order valence-electron chi connectivity index (χ1n) is 18.7.